The Morgan fingerprint density at radius 2 is 0.950 bits per heavy atom. The van der Waals surface area contributed by atoms with Crippen LogP contribution in [-0.4, -0.2) is 0 Å². The highest BCUT2D eigenvalue weighted by molar-refractivity contribution is 6.02. The number of nitriles is 2. The number of nitrogen functional groups attached to an aromatic ring is 2. The molecule has 0 aliphatic rings. The number of anilines is 2. The van der Waals surface area contributed by atoms with Gasteiger partial charge in [0.2, 0.25) is 0 Å². The summed E-state index contributed by atoms with van der Waals surface area (Å²) in [4.78, 5) is 0. The van der Waals surface area contributed by atoms with Crippen molar-refractivity contribution in [2.75, 3.05) is 11.5 Å². The van der Waals surface area contributed by atoms with Gasteiger partial charge >= 0.3 is 0 Å². The maximum Gasteiger partial charge on any atom is 0.101 e. The molecule has 0 radical (unpaired) electrons. The van der Waals surface area contributed by atoms with Crippen LogP contribution in [0, 0.1) is 22.7 Å². The Labute approximate surface area is 117 Å². The van der Waals surface area contributed by atoms with Crippen molar-refractivity contribution in [2.24, 2.45) is 0 Å². The fourth-order valence-electron chi connectivity index (χ4n) is 1.83. The van der Waals surface area contributed by atoms with E-state index in [4.69, 9.17) is 11.5 Å². The summed E-state index contributed by atoms with van der Waals surface area (Å²) in [6, 6.07) is 17.9. The zero-order valence-corrected chi connectivity index (χ0v) is 10.7. The second-order valence-corrected chi connectivity index (χ2v) is 4.22. The average Bonchev–Trinajstić information content (AvgIpc) is 2.47. The third kappa shape index (κ3) is 2.60. The summed E-state index contributed by atoms with van der Waals surface area (Å²) in [6.45, 7) is 0. The standard InChI is InChI=1S/C16H12N4/c17-9-15(11-1-5-13(19)6-2-11)16(10-18)12-3-7-14(20)8-4-12/h1-8H,19-20H2/b16-15+. The van der Waals surface area contributed by atoms with Gasteiger partial charge in [0.25, 0.3) is 0 Å². The summed E-state index contributed by atoms with van der Waals surface area (Å²) in [5, 5.41) is 18.7. The first kappa shape index (κ1) is 13.2. The van der Waals surface area contributed by atoms with Gasteiger partial charge in [-0.05, 0) is 35.4 Å². The zero-order chi connectivity index (χ0) is 14.5. The lowest BCUT2D eigenvalue weighted by Crippen LogP contribution is -1.92. The first-order valence-electron chi connectivity index (χ1n) is 5.92. The van der Waals surface area contributed by atoms with Gasteiger partial charge in [-0.25, -0.2) is 0 Å². The summed E-state index contributed by atoms with van der Waals surface area (Å²) in [5.41, 5.74) is 14.4. The number of nitrogens with two attached hydrogens (primary N) is 2. The molecule has 96 valence electrons. The number of hydrogen-bond acceptors (Lipinski definition) is 4. The smallest absolute Gasteiger partial charge is 0.101 e. The van der Waals surface area contributed by atoms with Crippen molar-refractivity contribution in [3.05, 3.63) is 59.7 Å². The maximum absolute atomic E-state index is 9.35. The highest BCUT2D eigenvalue weighted by atomic mass is 14.5. The molecule has 0 aliphatic carbocycles. The Bertz CT molecular complexity index is 661. The van der Waals surface area contributed by atoms with E-state index < -0.39 is 0 Å². The van der Waals surface area contributed by atoms with Crippen molar-refractivity contribution in [3.8, 4) is 12.1 Å². The molecule has 0 aromatic heterocycles. The summed E-state index contributed by atoms with van der Waals surface area (Å²) in [6.07, 6.45) is 0. The molecule has 20 heavy (non-hydrogen) atoms. The molecule has 0 saturated carbocycles. The molecule has 4 heteroatoms. The first-order valence-corrected chi connectivity index (χ1v) is 5.92. The quantitative estimate of drug-likeness (QED) is 0.492. The lowest BCUT2D eigenvalue weighted by atomic mass is 9.96. The molecule has 4 N–H and O–H groups in total. The van der Waals surface area contributed by atoms with Gasteiger partial charge in [-0.15, -0.1) is 0 Å². The maximum atomic E-state index is 9.35. The van der Waals surface area contributed by atoms with Crippen molar-refractivity contribution in [1.29, 1.82) is 10.5 Å². The van der Waals surface area contributed by atoms with Gasteiger partial charge in [0.15, 0.2) is 0 Å². The molecule has 0 saturated heterocycles. The van der Waals surface area contributed by atoms with Gasteiger partial charge < -0.3 is 11.5 Å². The van der Waals surface area contributed by atoms with Crippen LogP contribution >= 0.6 is 0 Å². The minimum atomic E-state index is 0.317. The van der Waals surface area contributed by atoms with Crippen LogP contribution in [0.5, 0.6) is 0 Å². The van der Waals surface area contributed by atoms with E-state index in [1.54, 1.807) is 48.5 Å². The van der Waals surface area contributed by atoms with Crippen molar-refractivity contribution < 1.29 is 0 Å². The highest BCUT2D eigenvalue weighted by Crippen LogP contribution is 2.26. The van der Waals surface area contributed by atoms with Crippen LogP contribution in [0.1, 0.15) is 11.1 Å². The third-order valence-electron chi connectivity index (χ3n) is 2.87. The van der Waals surface area contributed by atoms with Crippen LogP contribution in [0.15, 0.2) is 48.5 Å². The molecule has 0 atom stereocenters. The molecule has 0 unspecified atom stereocenters. The molecular weight excluding hydrogens is 248 g/mol. The third-order valence-corrected chi connectivity index (χ3v) is 2.87. The van der Waals surface area contributed by atoms with E-state index in [0.29, 0.717) is 33.6 Å². The molecule has 0 bridgehead atoms. The zero-order valence-electron chi connectivity index (χ0n) is 10.7. The lowest BCUT2D eigenvalue weighted by molar-refractivity contribution is 1.50. The van der Waals surface area contributed by atoms with E-state index in [-0.39, 0.29) is 0 Å². The molecular formula is C16H12N4. The molecule has 0 spiro atoms. The normalized spacial score (nSPS) is 11.1. The number of rotatable bonds is 2. The van der Waals surface area contributed by atoms with Crippen molar-refractivity contribution in [1.82, 2.24) is 0 Å². The predicted molar refractivity (Wildman–Crippen MR) is 79.7 cm³/mol. The number of hydrogen-bond donors (Lipinski definition) is 2. The van der Waals surface area contributed by atoms with Gasteiger partial charge in [-0.2, -0.15) is 10.5 Å². The number of allylic oxidation sites excluding steroid dienone is 2. The molecule has 0 heterocycles. The van der Waals surface area contributed by atoms with Gasteiger partial charge in [0, 0.05) is 11.4 Å². The Kier molecular flexibility index (Phi) is 3.70. The van der Waals surface area contributed by atoms with Crippen LogP contribution < -0.4 is 11.5 Å². The minimum Gasteiger partial charge on any atom is -0.399 e. The fraction of sp³-hybridized carbons (Fsp3) is 0. The molecule has 4 nitrogen and oxygen atoms in total. The number of benzene rings is 2. The largest absolute Gasteiger partial charge is 0.399 e. The average molecular weight is 260 g/mol. The Morgan fingerprint density at radius 1 is 0.650 bits per heavy atom. The van der Waals surface area contributed by atoms with Crippen molar-refractivity contribution in [3.63, 3.8) is 0 Å². The summed E-state index contributed by atoms with van der Waals surface area (Å²) in [7, 11) is 0. The van der Waals surface area contributed by atoms with E-state index in [1.165, 1.54) is 0 Å². The second-order valence-electron chi connectivity index (χ2n) is 4.22. The van der Waals surface area contributed by atoms with Crippen LogP contribution in [0.25, 0.3) is 11.1 Å². The van der Waals surface area contributed by atoms with Crippen molar-refractivity contribution in [2.45, 2.75) is 0 Å². The predicted octanol–water partition coefficient (Wildman–Crippen LogP) is 2.81. The molecule has 0 fully saturated rings. The molecule has 2 aromatic rings. The molecule has 2 aromatic carbocycles. The topological polar surface area (TPSA) is 99.6 Å². The van der Waals surface area contributed by atoms with E-state index >= 15 is 0 Å². The van der Waals surface area contributed by atoms with Gasteiger partial charge in [-0.1, -0.05) is 24.3 Å². The molecule has 2 rings (SSSR count). The van der Waals surface area contributed by atoms with Gasteiger partial charge in [0.05, 0.1) is 11.1 Å². The van der Waals surface area contributed by atoms with E-state index in [9.17, 15) is 10.5 Å². The van der Waals surface area contributed by atoms with E-state index in [2.05, 4.69) is 12.1 Å². The van der Waals surface area contributed by atoms with Crippen molar-refractivity contribution >= 4 is 22.5 Å². The van der Waals surface area contributed by atoms with E-state index in [0.717, 1.165) is 0 Å². The summed E-state index contributed by atoms with van der Waals surface area (Å²) >= 11 is 0. The van der Waals surface area contributed by atoms with Crippen LogP contribution in [0.2, 0.25) is 0 Å². The fourth-order valence-corrected chi connectivity index (χ4v) is 1.83. The highest BCUT2D eigenvalue weighted by Gasteiger charge is 2.11. The SMILES string of the molecule is N#C/C(=C(/C#N)c1ccc(N)cc1)c1ccc(N)cc1. The first-order chi connectivity index (χ1) is 9.65. The van der Waals surface area contributed by atoms with Gasteiger partial charge in [-0.3, -0.25) is 0 Å². The summed E-state index contributed by atoms with van der Waals surface area (Å²) < 4.78 is 0. The summed E-state index contributed by atoms with van der Waals surface area (Å²) in [5.74, 6) is 0. The second kappa shape index (κ2) is 5.60. The Morgan fingerprint density at radius 3 is 1.20 bits per heavy atom. The molecule has 0 amide bonds. The lowest BCUT2D eigenvalue weighted by Gasteiger charge is -2.05. The monoisotopic (exact) mass is 260 g/mol. The van der Waals surface area contributed by atoms with E-state index in [1.807, 2.05) is 0 Å². The molecule has 0 aliphatic heterocycles. The van der Waals surface area contributed by atoms with Crippen LogP contribution in [0.4, 0.5) is 11.4 Å². The van der Waals surface area contributed by atoms with Crippen LogP contribution in [-0.2, 0) is 0 Å². The van der Waals surface area contributed by atoms with Gasteiger partial charge in [0.1, 0.15) is 12.1 Å². The van der Waals surface area contributed by atoms with Crippen LogP contribution in [0.3, 0.4) is 0 Å². The minimum absolute atomic E-state index is 0.317. The number of nitrogens with zero attached hydrogens (tertiary/aromatic N) is 2. The Balaban J connectivity index is 2.60. The Hall–Kier alpha value is -3.24.